The third kappa shape index (κ3) is 4.95. The minimum absolute atomic E-state index is 0.147. The van der Waals surface area contributed by atoms with Gasteiger partial charge in [-0.05, 0) is 23.3 Å². The van der Waals surface area contributed by atoms with E-state index in [1.807, 2.05) is 30.3 Å². The van der Waals surface area contributed by atoms with E-state index in [4.69, 9.17) is 4.84 Å². The molecule has 2 aromatic rings. The molecule has 2 aromatic carbocycles. The summed E-state index contributed by atoms with van der Waals surface area (Å²) in [5.41, 5.74) is 4.81. The highest BCUT2D eigenvalue weighted by Gasteiger charge is 2.03. The first-order valence-electron chi connectivity index (χ1n) is 6.16. The van der Waals surface area contributed by atoms with E-state index in [9.17, 15) is 8.78 Å². The summed E-state index contributed by atoms with van der Waals surface area (Å²) in [5, 5.41) is 0. The molecule has 0 heterocycles. The Kier molecular flexibility index (Phi) is 5.46. The molecule has 0 saturated heterocycles. The van der Waals surface area contributed by atoms with E-state index in [-0.39, 0.29) is 5.75 Å². The van der Waals surface area contributed by atoms with Crippen LogP contribution in [0, 0.1) is 0 Å². The summed E-state index contributed by atoms with van der Waals surface area (Å²) in [6, 6.07) is 16.2. The second-order valence-corrected chi connectivity index (χ2v) is 4.12. The van der Waals surface area contributed by atoms with Gasteiger partial charge in [-0.1, -0.05) is 42.5 Å². The number of halogens is 2. The lowest BCUT2D eigenvalue weighted by Gasteiger charge is -2.07. The molecule has 0 spiro atoms. The molecule has 0 aliphatic carbocycles. The maximum Gasteiger partial charge on any atom is 0.387 e. The molecule has 106 valence electrons. The van der Waals surface area contributed by atoms with Gasteiger partial charge in [0, 0.05) is 6.54 Å². The lowest BCUT2D eigenvalue weighted by atomic mass is 10.2. The van der Waals surface area contributed by atoms with Gasteiger partial charge in [-0.3, -0.25) is 4.84 Å². The molecule has 0 fully saturated rings. The van der Waals surface area contributed by atoms with Gasteiger partial charge in [0.25, 0.3) is 0 Å². The number of rotatable bonds is 7. The highest BCUT2D eigenvalue weighted by atomic mass is 19.3. The Labute approximate surface area is 116 Å². The highest BCUT2D eigenvalue weighted by Crippen LogP contribution is 2.14. The summed E-state index contributed by atoms with van der Waals surface area (Å²) in [4.78, 5) is 5.32. The zero-order valence-corrected chi connectivity index (χ0v) is 10.8. The van der Waals surface area contributed by atoms with Crippen molar-refractivity contribution in [2.75, 3.05) is 0 Å². The van der Waals surface area contributed by atoms with Crippen molar-refractivity contribution in [3.05, 3.63) is 65.7 Å². The number of hydrogen-bond donors (Lipinski definition) is 1. The van der Waals surface area contributed by atoms with Crippen LogP contribution in [0.4, 0.5) is 8.78 Å². The standard InChI is InChI=1S/C15H15F2NO2/c16-15(17)20-14-8-6-12(7-9-14)10-18-19-11-13-4-2-1-3-5-13/h1-9,15,18H,10-11H2. The molecule has 5 heteroatoms. The van der Waals surface area contributed by atoms with Crippen molar-refractivity contribution in [2.45, 2.75) is 19.8 Å². The average Bonchev–Trinajstić information content (AvgIpc) is 2.46. The van der Waals surface area contributed by atoms with Crippen LogP contribution in [0.25, 0.3) is 0 Å². The molecule has 0 unspecified atom stereocenters. The second kappa shape index (κ2) is 7.57. The normalized spacial score (nSPS) is 10.8. The number of hydrogen-bond acceptors (Lipinski definition) is 3. The van der Waals surface area contributed by atoms with Crippen molar-refractivity contribution in [1.29, 1.82) is 0 Å². The Morgan fingerprint density at radius 1 is 0.900 bits per heavy atom. The van der Waals surface area contributed by atoms with Crippen LogP contribution in [0.3, 0.4) is 0 Å². The third-order valence-corrected chi connectivity index (χ3v) is 2.61. The Morgan fingerprint density at radius 3 is 2.25 bits per heavy atom. The summed E-state index contributed by atoms with van der Waals surface area (Å²) in [6.07, 6.45) is 0. The molecule has 0 bridgehead atoms. The van der Waals surface area contributed by atoms with Crippen LogP contribution in [-0.4, -0.2) is 6.61 Å². The van der Waals surface area contributed by atoms with Gasteiger partial charge in [0.1, 0.15) is 5.75 Å². The number of ether oxygens (including phenoxy) is 1. The second-order valence-electron chi connectivity index (χ2n) is 4.12. The van der Waals surface area contributed by atoms with Crippen LogP contribution in [0.15, 0.2) is 54.6 Å². The quantitative estimate of drug-likeness (QED) is 0.621. The van der Waals surface area contributed by atoms with E-state index < -0.39 is 6.61 Å². The first-order valence-corrected chi connectivity index (χ1v) is 6.16. The fourth-order valence-corrected chi connectivity index (χ4v) is 1.63. The molecular formula is C15H15F2NO2. The number of benzene rings is 2. The van der Waals surface area contributed by atoms with E-state index in [1.165, 1.54) is 12.1 Å². The van der Waals surface area contributed by atoms with Crippen molar-refractivity contribution < 1.29 is 18.4 Å². The van der Waals surface area contributed by atoms with Crippen molar-refractivity contribution in [2.24, 2.45) is 0 Å². The molecule has 0 atom stereocenters. The van der Waals surface area contributed by atoms with Crippen molar-refractivity contribution >= 4 is 0 Å². The summed E-state index contributed by atoms with van der Waals surface area (Å²) in [5.74, 6) is 0.147. The Balaban J connectivity index is 1.71. The van der Waals surface area contributed by atoms with Gasteiger partial charge in [-0.25, -0.2) is 0 Å². The third-order valence-electron chi connectivity index (χ3n) is 2.61. The average molecular weight is 279 g/mol. The smallest absolute Gasteiger partial charge is 0.387 e. The fourth-order valence-electron chi connectivity index (χ4n) is 1.63. The van der Waals surface area contributed by atoms with Crippen LogP contribution in [0.1, 0.15) is 11.1 Å². The van der Waals surface area contributed by atoms with Crippen molar-refractivity contribution in [3.8, 4) is 5.75 Å². The SMILES string of the molecule is FC(F)Oc1ccc(CNOCc2ccccc2)cc1. The van der Waals surface area contributed by atoms with Crippen LogP contribution in [0.2, 0.25) is 0 Å². The predicted molar refractivity (Wildman–Crippen MR) is 71.1 cm³/mol. The Hall–Kier alpha value is -1.98. The van der Waals surface area contributed by atoms with Gasteiger partial charge < -0.3 is 4.74 Å². The zero-order chi connectivity index (χ0) is 14.2. The zero-order valence-electron chi connectivity index (χ0n) is 10.8. The van der Waals surface area contributed by atoms with Crippen LogP contribution in [0.5, 0.6) is 5.75 Å². The molecule has 0 aliphatic rings. The van der Waals surface area contributed by atoms with Gasteiger partial charge >= 0.3 is 6.61 Å². The molecule has 20 heavy (non-hydrogen) atoms. The van der Waals surface area contributed by atoms with Gasteiger partial charge in [0.2, 0.25) is 0 Å². The van der Waals surface area contributed by atoms with Crippen LogP contribution < -0.4 is 10.2 Å². The molecule has 3 nitrogen and oxygen atoms in total. The molecule has 0 aliphatic heterocycles. The van der Waals surface area contributed by atoms with E-state index in [0.29, 0.717) is 13.2 Å². The molecule has 2 rings (SSSR count). The molecule has 0 saturated carbocycles. The summed E-state index contributed by atoms with van der Waals surface area (Å²) in [7, 11) is 0. The number of alkyl halides is 2. The molecule has 0 aromatic heterocycles. The van der Waals surface area contributed by atoms with Crippen molar-refractivity contribution in [3.63, 3.8) is 0 Å². The minimum Gasteiger partial charge on any atom is -0.435 e. The van der Waals surface area contributed by atoms with E-state index in [2.05, 4.69) is 10.2 Å². The monoisotopic (exact) mass is 279 g/mol. The van der Waals surface area contributed by atoms with Crippen LogP contribution >= 0.6 is 0 Å². The summed E-state index contributed by atoms with van der Waals surface area (Å²) in [6.45, 7) is -1.84. The van der Waals surface area contributed by atoms with Crippen LogP contribution in [-0.2, 0) is 18.0 Å². The first-order chi connectivity index (χ1) is 9.74. The Morgan fingerprint density at radius 2 is 1.60 bits per heavy atom. The van der Waals surface area contributed by atoms with E-state index in [1.54, 1.807) is 12.1 Å². The summed E-state index contributed by atoms with van der Waals surface area (Å²) < 4.78 is 28.2. The fraction of sp³-hybridized carbons (Fsp3) is 0.200. The highest BCUT2D eigenvalue weighted by molar-refractivity contribution is 5.27. The van der Waals surface area contributed by atoms with Gasteiger partial charge in [-0.2, -0.15) is 14.3 Å². The number of hydroxylamine groups is 1. The Bertz CT molecular complexity index is 503. The largest absolute Gasteiger partial charge is 0.435 e. The van der Waals surface area contributed by atoms with Gasteiger partial charge in [-0.15, -0.1) is 0 Å². The van der Waals surface area contributed by atoms with Gasteiger partial charge in [0.15, 0.2) is 0 Å². The topological polar surface area (TPSA) is 30.5 Å². The lowest BCUT2D eigenvalue weighted by molar-refractivity contribution is -0.0498. The summed E-state index contributed by atoms with van der Waals surface area (Å²) >= 11 is 0. The lowest BCUT2D eigenvalue weighted by Crippen LogP contribution is -2.13. The minimum atomic E-state index is -2.80. The maximum atomic E-state index is 12.0. The maximum absolute atomic E-state index is 12.0. The number of nitrogens with one attached hydrogen (secondary N) is 1. The molecule has 0 radical (unpaired) electrons. The molecule has 0 amide bonds. The first kappa shape index (κ1) is 14.4. The molecular weight excluding hydrogens is 264 g/mol. The van der Waals surface area contributed by atoms with Gasteiger partial charge in [0.05, 0.1) is 6.61 Å². The van der Waals surface area contributed by atoms with E-state index >= 15 is 0 Å². The van der Waals surface area contributed by atoms with E-state index in [0.717, 1.165) is 11.1 Å². The predicted octanol–water partition coefficient (Wildman–Crippen LogP) is 3.51. The molecule has 1 N–H and O–H groups in total. The van der Waals surface area contributed by atoms with Crippen molar-refractivity contribution in [1.82, 2.24) is 5.48 Å².